The highest BCUT2D eigenvalue weighted by Gasteiger charge is 2.31. The minimum absolute atomic E-state index is 0.166. The number of aryl methyl sites for hydroxylation is 1. The molecule has 0 aliphatic carbocycles. The van der Waals surface area contributed by atoms with Crippen LogP contribution >= 0.6 is 11.3 Å². The number of para-hydroxylation sites is 1. The Hall–Kier alpha value is -2.33. The maximum Gasteiger partial charge on any atom is 0.573 e. The van der Waals surface area contributed by atoms with E-state index in [0.717, 1.165) is 5.69 Å². The molecule has 0 N–H and O–H groups in total. The second-order valence-corrected chi connectivity index (χ2v) is 4.91. The number of hydrogen-bond acceptors (Lipinski definition) is 4. The first-order valence-corrected chi connectivity index (χ1v) is 6.66. The van der Waals surface area contributed by atoms with E-state index < -0.39 is 6.36 Å². The van der Waals surface area contributed by atoms with E-state index in [1.807, 2.05) is 6.07 Å². The third-order valence-corrected chi connectivity index (χ3v) is 3.41. The van der Waals surface area contributed by atoms with Gasteiger partial charge in [-0.2, -0.15) is 5.26 Å². The van der Waals surface area contributed by atoms with Crippen molar-refractivity contribution in [3.8, 4) is 11.8 Å². The molecule has 3 nitrogen and oxygen atoms in total. The van der Waals surface area contributed by atoms with Crippen LogP contribution in [-0.2, 0) is 0 Å². The predicted octanol–water partition coefficient (Wildman–Crippen LogP) is 4.41. The molecule has 0 bridgehead atoms. The molecule has 2 aromatic rings. The number of halogens is 3. The lowest BCUT2D eigenvalue weighted by atomic mass is 10.1. The van der Waals surface area contributed by atoms with Crippen LogP contribution in [0.25, 0.3) is 11.6 Å². The molecule has 21 heavy (non-hydrogen) atoms. The first-order valence-electron chi connectivity index (χ1n) is 5.78. The molecule has 1 heterocycles. The summed E-state index contributed by atoms with van der Waals surface area (Å²) in [4.78, 5) is 4.15. The van der Waals surface area contributed by atoms with Crippen LogP contribution in [0.5, 0.6) is 5.75 Å². The van der Waals surface area contributed by atoms with Crippen LogP contribution in [0.4, 0.5) is 13.2 Å². The number of hydrogen-bond donors (Lipinski definition) is 0. The lowest BCUT2D eigenvalue weighted by Gasteiger charge is -2.11. The summed E-state index contributed by atoms with van der Waals surface area (Å²) in [6, 6.07) is 7.58. The first kappa shape index (κ1) is 15.1. The fraction of sp³-hybridized carbons (Fsp3) is 0.143. The summed E-state index contributed by atoms with van der Waals surface area (Å²) >= 11 is 1.26. The molecule has 108 valence electrons. The number of alkyl halides is 3. The third-order valence-electron chi connectivity index (χ3n) is 2.41. The van der Waals surface area contributed by atoms with Gasteiger partial charge in [0.25, 0.3) is 0 Å². The molecule has 0 saturated carbocycles. The fourth-order valence-corrected chi connectivity index (χ4v) is 2.36. The maximum atomic E-state index is 12.3. The number of nitriles is 1. The fourth-order valence-electron chi connectivity index (χ4n) is 1.59. The zero-order valence-electron chi connectivity index (χ0n) is 10.8. The van der Waals surface area contributed by atoms with Crippen molar-refractivity contribution < 1.29 is 17.9 Å². The van der Waals surface area contributed by atoms with Gasteiger partial charge < -0.3 is 4.74 Å². The Labute approximate surface area is 122 Å². The van der Waals surface area contributed by atoms with Crippen LogP contribution in [0.2, 0.25) is 0 Å². The minimum atomic E-state index is -4.78. The molecule has 0 fully saturated rings. The smallest absolute Gasteiger partial charge is 0.405 e. The second kappa shape index (κ2) is 5.97. The summed E-state index contributed by atoms with van der Waals surface area (Å²) in [6.45, 7) is 1.77. The Morgan fingerprint density at radius 3 is 2.67 bits per heavy atom. The molecule has 1 aromatic heterocycles. The summed E-state index contributed by atoms with van der Waals surface area (Å²) in [7, 11) is 0. The van der Waals surface area contributed by atoms with Gasteiger partial charge in [0.1, 0.15) is 16.8 Å². The van der Waals surface area contributed by atoms with E-state index in [4.69, 9.17) is 5.26 Å². The quantitative estimate of drug-likeness (QED) is 0.789. The number of aromatic nitrogens is 1. The van der Waals surface area contributed by atoms with Crippen molar-refractivity contribution in [3.05, 3.63) is 45.9 Å². The Kier molecular flexibility index (Phi) is 4.29. The predicted molar refractivity (Wildman–Crippen MR) is 73.5 cm³/mol. The Balaban J connectivity index is 2.42. The van der Waals surface area contributed by atoms with Gasteiger partial charge in [-0.3, -0.25) is 0 Å². The van der Waals surface area contributed by atoms with Gasteiger partial charge >= 0.3 is 6.36 Å². The highest BCUT2D eigenvalue weighted by atomic mass is 32.1. The van der Waals surface area contributed by atoms with Gasteiger partial charge in [0.2, 0.25) is 0 Å². The molecule has 0 aliphatic heterocycles. The standard InChI is InChI=1S/C14H9F3N2OS/c1-9-8-21-13(19-9)11(7-18)6-10-4-2-3-5-12(10)20-14(15,16)17/h2-6,8H,1H3. The first-order chi connectivity index (χ1) is 9.89. The summed E-state index contributed by atoms with van der Waals surface area (Å²) in [5.41, 5.74) is 1.10. The van der Waals surface area contributed by atoms with Crippen molar-refractivity contribution in [1.82, 2.24) is 4.98 Å². The summed E-state index contributed by atoms with van der Waals surface area (Å²) < 4.78 is 41.0. The monoisotopic (exact) mass is 310 g/mol. The number of nitrogens with zero attached hydrogens (tertiary/aromatic N) is 2. The van der Waals surface area contributed by atoms with E-state index >= 15 is 0 Å². The molecule has 0 saturated heterocycles. The molecule has 0 unspecified atom stereocenters. The normalized spacial score (nSPS) is 12.0. The summed E-state index contributed by atoms with van der Waals surface area (Å²) in [5, 5.41) is 11.4. The van der Waals surface area contributed by atoms with Gasteiger partial charge in [-0.05, 0) is 19.1 Å². The number of allylic oxidation sites excluding steroid dienone is 1. The average molecular weight is 310 g/mol. The Bertz CT molecular complexity index is 713. The molecule has 2 rings (SSSR count). The van der Waals surface area contributed by atoms with Crippen molar-refractivity contribution in [2.75, 3.05) is 0 Å². The van der Waals surface area contributed by atoms with E-state index in [1.54, 1.807) is 18.4 Å². The number of thiazole rings is 1. The molecule has 0 atom stereocenters. The zero-order chi connectivity index (χ0) is 15.5. The van der Waals surface area contributed by atoms with Gasteiger partial charge in [-0.25, -0.2) is 4.98 Å². The van der Waals surface area contributed by atoms with Crippen LogP contribution in [-0.4, -0.2) is 11.3 Å². The van der Waals surface area contributed by atoms with E-state index in [0.29, 0.717) is 5.01 Å². The van der Waals surface area contributed by atoms with Crippen LogP contribution in [0.3, 0.4) is 0 Å². The molecular weight excluding hydrogens is 301 g/mol. The molecule has 1 aromatic carbocycles. The number of benzene rings is 1. The maximum absolute atomic E-state index is 12.3. The Morgan fingerprint density at radius 1 is 1.38 bits per heavy atom. The van der Waals surface area contributed by atoms with Crippen molar-refractivity contribution >= 4 is 23.0 Å². The molecule has 0 radical (unpaired) electrons. The van der Waals surface area contributed by atoms with Crippen LogP contribution in [0, 0.1) is 18.3 Å². The average Bonchev–Trinajstić information content (AvgIpc) is 2.82. The van der Waals surface area contributed by atoms with E-state index in [2.05, 4.69) is 9.72 Å². The third kappa shape index (κ3) is 4.07. The van der Waals surface area contributed by atoms with Gasteiger partial charge in [0.05, 0.1) is 5.57 Å². The zero-order valence-corrected chi connectivity index (χ0v) is 11.6. The van der Waals surface area contributed by atoms with Gasteiger partial charge in [0.15, 0.2) is 0 Å². The van der Waals surface area contributed by atoms with Crippen molar-refractivity contribution in [1.29, 1.82) is 5.26 Å². The van der Waals surface area contributed by atoms with Gasteiger partial charge in [-0.1, -0.05) is 18.2 Å². The summed E-state index contributed by atoms with van der Waals surface area (Å²) in [5.74, 6) is -0.356. The van der Waals surface area contributed by atoms with Crippen LogP contribution in [0.15, 0.2) is 29.6 Å². The minimum Gasteiger partial charge on any atom is -0.405 e. The van der Waals surface area contributed by atoms with Crippen LogP contribution in [0.1, 0.15) is 16.3 Å². The van der Waals surface area contributed by atoms with Crippen molar-refractivity contribution in [2.24, 2.45) is 0 Å². The van der Waals surface area contributed by atoms with E-state index in [1.165, 1.54) is 35.6 Å². The van der Waals surface area contributed by atoms with E-state index in [9.17, 15) is 13.2 Å². The molecule has 0 amide bonds. The lowest BCUT2D eigenvalue weighted by Crippen LogP contribution is -2.17. The molecular formula is C14H9F3N2OS. The lowest BCUT2D eigenvalue weighted by molar-refractivity contribution is -0.274. The van der Waals surface area contributed by atoms with Crippen molar-refractivity contribution in [2.45, 2.75) is 13.3 Å². The molecule has 0 spiro atoms. The highest BCUT2D eigenvalue weighted by molar-refractivity contribution is 7.11. The van der Waals surface area contributed by atoms with Crippen molar-refractivity contribution in [3.63, 3.8) is 0 Å². The molecule has 0 aliphatic rings. The SMILES string of the molecule is Cc1csc(C(C#N)=Cc2ccccc2OC(F)(F)F)n1. The Morgan fingerprint density at radius 2 is 2.10 bits per heavy atom. The summed E-state index contributed by atoms with van der Waals surface area (Å²) in [6.07, 6.45) is -3.45. The number of rotatable bonds is 3. The largest absolute Gasteiger partial charge is 0.573 e. The van der Waals surface area contributed by atoms with Gasteiger partial charge in [-0.15, -0.1) is 24.5 Å². The molecule has 7 heteroatoms. The highest BCUT2D eigenvalue weighted by Crippen LogP contribution is 2.29. The van der Waals surface area contributed by atoms with E-state index in [-0.39, 0.29) is 16.9 Å². The second-order valence-electron chi connectivity index (χ2n) is 4.05. The van der Waals surface area contributed by atoms with Crippen LogP contribution < -0.4 is 4.74 Å². The topological polar surface area (TPSA) is 45.9 Å². The number of ether oxygens (including phenoxy) is 1. The van der Waals surface area contributed by atoms with Gasteiger partial charge in [0, 0.05) is 16.6 Å².